The van der Waals surface area contributed by atoms with Gasteiger partial charge in [-0.3, -0.25) is 4.79 Å². The molecule has 19 heavy (non-hydrogen) atoms. The zero-order chi connectivity index (χ0) is 14.2. The van der Waals surface area contributed by atoms with Gasteiger partial charge in [0.1, 0.15) is 5.56 Å². The van der Waals surface area contributed by atoms with Crippen LogP contribution in [0.1, 0.15) is 22.8 Å². The lowest BCUT2D eigenvalue weighted by atomic mass is 10.1. The minimum Gasteiger partial charge on any atom is -0.462 e. The summed E-state index contributed by atoms with van der Waals surface area (Å²) in [5.74, 6) is -0.681. The quantitative estimate of drug-likeness (QED) is 0.865. The molecule has 0 fully saturated rings. The smallest absolute Gasteiger partial charge is 0.343 e. The molecule has 0 saturated heterocycles. The van der Waals surface area contributed by atoms with Gasteiger partial charge in [0.2, 0.25) is 5.43 Å². The Morgan fingerprint density at radius 3 is 2.74 bits per heavy atom. The van der Waals surface area contributed by atoms with Crippen LogP contribution in [0.3, 0.4) is 0 Å². The molecule has 100 valence electrons. The van der Waals surface area contributed by atoms with Crippen molar-refractivity contribution in [2.24, 2.45) is 0 Å². The molecule has 2 rings (SSSR count). The van der Waals surface area contributed by atoms with E-state index in [1.807, 2.05) is 0 Å². The lowest BCUT2D eigenvalue weighted by Gasteiger charge is -2.08. The van der Waals surface area contributed by atoms with Crippen LogP contribution in [0.25, 0.3) is 10.9 Å². The number of aromatic amines is 1. The van der Waals surface area contributed by atoms with Crippen LogP contribution in [0.5, 0.6) is 0 Å². The van der Waals surface area contributed by atoms with Crippen molar-refractivity contribution in [3.63, 3.8) is 0 Å². The Morgan fingerprint density at radius 2 is 2.11 bits per heavy atom. The van der Waals surface area contributed by atoms with Gasteiger partial charge in [0.05, 0.1) is 27.6 Å². The number of pyridine rings is 1. The molecular weight excluding hydrogens is 289 g/mol. The lowest BCUT2D eigenvalue weighted by Crippen LogP contribution is -2.18. The van der Waals surface area contributed by atoms with Crippen molar-refractivity contribution in [3.05, 3.63) is 43.7 Å². The molecule has 0 atom stereocenters. The normalized spacial score (nSPS) is 10.7. The second-order valence-electron chi connectivity index (χ2n) is 3.99. The second-order valence-corrected chi connectivity index (χ2v) is 4.78. The number of hydrogen-bond donors (Lipinski definition) is 1. The molecule has 1 heterocycles. The number of ether oxygens (including phenoxy) is 1. The van der Waals surface area contributed by atoms with Crippen molar-refractivity contribution in [2.75, 3.05) is 6.61 Å². The Balaban J connectivity index is 2.82. The highest BCUT2D eigenvalue weighted by molar-refractivity contribution is 6.40. The van der Waals surface area contributed by atoms with E-state index in [4.69, 9.17) is 27.9 Å². The van der Waals surface area contributed by atoms with Gasteiger partial charge < -0.3 is 9.72 Å². The number of H-pyrrole nitrogens is 1. The molecule has 0 spiro atoms. The van der Waals surface area contributed by atoms with Crippen molar-refractivity contribution in [2.45, 2.75) is 13.8 Å². The number of aryl methyl sites for hydroxylation is 1. The molecule has 0 aliphatic rings. The molecule has 0 bridgehead atoms. The van der Waals surface area contributed by atoms with Gasteiger partial charge in [0.15, 0.2) is 0 Å². The first-order valence-corrected chi connectivity index (χ1v) is 6.40. The Labute approximate surface area is 119 Å². The maximum absolute atomic E-state index is 12.3. The summed E-state index contributed by atoms with van der Waals surface area (Å²) in [4.78, 5) is 26.8. The third-order valence-electron chi connectivity index (χ3n) is 2.73. The van der Waals surface area contributed by atoms with Crippen LogP contribution in [-0.2, 0) is 4.74 Å². The maximum atomic E-state index is 12.3. The largest absolute Gasteiger partial charge is 0.462 e. The first-order valence-electron chi connectivity index (χ1n) is 5.64. The fourth-order valence-electron chi connectivity index (χ4n) is 1.81. The number of esters is 1. The van der Waals surface area contributed by atoms with Crippen molar-refractivity contribution in [1.82, 2.24) is 4.98 Å². The first-order chi connectivity index (χ1) is 8.97. The first kappa shape index (κ1) is 13.9. The Morgan fingerprint density at radius 1 is 1.42 bits per heavy atom. The number of rotatable bonds is 2. The Kier molecular flexibility index (Phi) is 3.83. The van der Waals surface area contributed by atoms with Crippen molar-refractivity contribution in [1.29, 1.82) is 0 Å². The number of aromatic nitrogens is 1. The van der Waals surface area contributed by atoms with E-state index >= 15 is 0 Å². The van der Waals surface area contributed by atoms with E-state index in [0.717, 1.165) is 0 Å². The third kappa shape index (κ3) is 2.33. The zero-order valence-corrected chi connectivity index (χ0v) is 11.9. The summed E-state index contributed by atoms with van der Waals surface area (Å²) in [6, 6.07) is 1.66. The highest BCUT2D eigenvalue weighted by Gasteiger charge is 2.18. The van der Waals surface area contributed by atoms with E-state index in [2.05, 4.69) is 4.98 Å². The number of nitrogens with one attached hydrogen (secondary N) is 1. The summed E-state index contributed by atoms with van der Waals surface area (Å²) >= 11 is 12.2. The van der Waals surface area contributed by atoms with Gasteiger partial charge in [-0.15, -0.1) is 0 Å². The molecular formula is C13H11Cl2NO3. The SMILES string of the molecule is CCOC(=O)c1c[nH]c2c(Cl)cc(C)c(Cl)c2c1=O. The van der Waals surface area contributed by atoms with Crippen molar-refractivity contribution < 1.29 is 9.53 Å². The van der Waals surface area contributed by atoms with Gasteiger partial charge >= 0.3 is 5.97 Å². The fraction of sp³-hybridized carbons (Fsp3) is 0.231. The second kappa shape index (κ2) is 5.23. The monoisotopic (exact) mass is 299 g/mol. The number of benzene rings is 1. The standard InChI is InChI=1S/C13H11Cl2NO3/c1-3-19-13(18)7-5-16-11-8(14)4-6(2)10(15)9(11)12(7)17/h4-5H,3H2,1-2H3,(H,16,17). The van der Waals surface area contributed by atoms with Crippen LogP contribution in [0.15, 0.2) is 17.1 Å². The van der Waals surface area contributed by atoms with E-state index in [1.165, 1.54) is 6.20 Å². The number of carbonyl (C=O) groups excluding carboxylic acids is 1. The predicted molar refractivity (Wildman–Crippen MR) is 75.3 cm³/mol. The fourth-order valence-corrected chi connectivity index (χ4v) is 2.36. The van der Waals surface area contributed by atoms with Gasteiger partial charge in [-0.1, -0.05) is 23.2 Å². The van der Waals surface area contributed by atoms with Gasteiger partial charge in [0, 0.05) is 6.20 Å². The summed E-state index contributed by atoms with van der Waals surface area (Å²) in [5.41, 5.74) is 0.515. The molecule has 0 amide bonds. The van der Waals surface area contributed by atoms with Gasteiger partial charge in [-0.05, 0) is 25.5 Å². The number of carbonyl (C=O) groups is 1. The molecule has 0 saturated carbocycles. The molecule has 0 unspecified atom stereocenters. The molecule has 2 aromatic rings. The topological polar surface area (TPSA) is 59.2 Å². The molecule has 4 nitrogen and oxygen atoms in total. The van der Waals surface area contributed by atoms with E-state index in [1.54, 1.807) is 19.9 Å². The summed E-state index contributed by atoms with van der Waals surface area (Å²) in [6.45, 7) is 3.60. The van der Waals surface area contributed by atoms with E-state index in [9.17, 15) is 9.59 Å². The molecule has 1 N–H and O–H groups in total. The molecule has 0 radical (unpaired) electrons. The van der Waals surface area contributed by atoms with Gasteiger partial charge in [0.25, 0.3) is 0 Å². The summed E-state index contributed by atoms with van der Waals surface area (Å²) < 4.78 is 4.82. The molecule has 1 aromatic carbocycles. The third-order valence-corrected chi connectivity index (χ3v) is 3.51. The summed E-state index contributed by atoms with van der Waals surface area (Å²) in [7, 11) is 0. The highest BCUT2D eigenvalue weighted by Crippen LogP contribution is 2.29. The van der Waals surface area contributed by atoms with Crippen molar-refractivity contribution in [3.8, 4) is 0 Å². The number of fused-ring (bicyclic) bond motifs is 1. The van der Waals surface area contributed by atoms with E-state index in [0.29, 0.717) is 16.1 Å². The van der Waals surface area contributed by atoms with Crippen LogP contribution in [0, 0.1) is 6.92 Å². The van der Waals surface area contributed by atoms with Gasteiger partial charge in [-0.25, -0.2) is 4.79 Å². The minimum atomic E-state index is -0.681. The molecule has 1 aromatic heterocycles. The van der Waals surface area contributed by atoms with Crippen LogP contribution in [0.2, 0.25) is 10.0 Å². The zero-order valence-electron chi connectivity index (χ0n) is 10.3. The summed E-state index contributed by atoms with van der Waals surface area (Å²) in [5, 5.41) is 0.869. The average Bonchev–Trinajstić information content (AvgIpc) is 2.36. The molecule has 0 aliphatic carbocycles. The lowest BCUT2D eigenvalue weighted by molar-refractivity contribution is 0.0524. The predicted octanol–water partition coefficient (Wildman–Crippen LogP) is 3.32. The van der Waals surface area contributed by atoms with Gasteiger partial charge in [-0.2, -0.15) is 0 Å². The van der Waals surface area contributed by atoms with Crippen molar-refractivity contribution >= 4 is 40.1 Å². The molecule has 6 heteroatoms. The van der Waals surface area contributed by atoms with E-state index < -0.39 is 11.4 Å². The Hall–Kier alpha value is -1.52. The maximum Gasteiger partial charge on any atom is 0.343 e. The minimum absolute atomic E-state index is 0.0853. The summed E-state index contributed by atoms with van der Waals surface area (Å²) in [6.07, 6.45) is 1.29. The Bertz CT molecular complexity index is 722. The van der Waals surface area contributed by atoms with Crippen LogP contribution >= 0.6 is 23.2 Å². The number of hydrogen-bond acceptors (Lipinski definition) is 3. The van der Waals surface area contributed by atoms with Crippen LogP contribution in [0.4, 0.5) is 0 Å². The van der Waals surface area contributed by atoms with Crippen LogP contribution in [-0.4, -0.2) is 17.6 Å². The van der Waals surface area contributed by atoms with E-state index in [-0.39, 0.29) is 22.6 Å². The average molecular weight is 300 g/mol. The molecule has 0 aliphatic heterocycles. The number of halogens is 2. The highest BCUT2D eigenvalue weighted by atomic mass is 35.5. The van der Waals surface area contributed by atoms with Crippen LogP contribution < -0.4 is 5.43 Å².